The number of thioether (sulfide) groups is 1. The first-order valence-corrected chi connectivity index (χ1v) is 4.07. The van der Waals surface area contributed by atoms with Crippen LogP contribution in [0.4, 0.5) is 0 Å². The van der Waals surface area contributed by atoms with Crippen molar-refractivity contribution in [2.75, 3.05) is 18.6 Å². The summed E-state index contributed by atoms with van der Waals surface area (Å²) in [5, 5.41) is 0. The lowest BCUT2D eigenvalue weighted by Crippen LogP contribution is -2.04. The van der Waals surface area contributed by atoms with Crippen LogP contribution in [0.2, 0.25) is 0 Å². The van der Waals surface area contributed by atoms with Crippen molar-refractivity contribution in [1.29, 1.82) is 0 Å². The molecule has 0 aliphatic rings. The van der Waals surface area contributed by atoms with Gasteiger partial charge in [-0.2, -0.15) is 11.8 Å². The van der Waals surface area contributed by atoms with Crippen molar-refractivity contribution < 1.29 is 0 Å². The van der Waals surface area contributed by atoms with Gasteiger partial charge in [-0.15, -0.1) is 5.98 Å². The van der Waals surface area contributed by atoms with Crippen LogP contribution in [0, 0.1) is 0 Å². The van der Waals surface area contributed by atoms with E-state index in [-0.39, 0.29) is 0 Å². The van der Waals surface area contributed by atoms with Gasteiger partial charge in [0.2, 0.25) is 0 Å². The van der Waals surface area contributed by atoms with Crippen molar-refractivity contribution in [3.8, 4) is 0 Å². The van der Waals surface area contributed by atoms with Crippen molar-refractivity contribution in [3.63, 3.8) is 0 Å². The van der Waals surface area contributed by atoms with Crippen LogP contribution >= 0.6 is 11.8 Å². The van der Waals surface area contributed by atoms with Gasteiger partial charge in [0, 0.05) is 12.3 Å². The number of hydrogen-bond acceptors (Lipinski definition) is 2. The maximum atomic E-state index is 5.39. The van der Waals surface area contributed by atoms with E-state index in [0.29, 0.717) is 6.54 Å². The van der Waals surface area contributed by atoms with Gasteiger partial charge in [-0.1, -0.05) is 5.57 Å². The van der Waals surface area contributed by atoms with Crippen molar-refractivity contribution in [3.05, 3.63) is 11.5 Å². The first kappa shape index (κ1) is 8.11. The van der Waals surface area contributed by atoms with Crippen LogP contribution in [0.3, 0.4) is 0 Å². The summed E-state index contributed by atoms with van der Waals surface area (Å²) in [6, 6.07) is 0. The Morgan fingerprint density at radius 3 is 2.62 bits per heavy atom. The van der Waals surface area contributed by atoms with E-state index in [9.17, 15) is 0 Å². The van der Waals surface area contributed by atoms with E-state index in [2.05, 4.69) is 12.2 Å². The number of rotatable bonds is 3. The van der Waals surface area contributed by atoms with E-state index in [1.165, 1.54) is 5.57 Å². The molecule has 0 spiro atoms. The minimum absolute atomic E-state index is 0.706. The van der Waals surface area contributed by atoms with Crippen molar-refractivity contribution in [2.45, 2.75) is 0 Å². The molecule has 0 heterocycles. The van der Waals surface area contributed by atoms with Crippen LogP contribution in [0.1, 0.15) is 0 Å². The van der Waals surface area contributed by atoms with Gasteiger partial charge in [-0.3, -0.25) is 0 Å². The zero-order valence-electron chi connectivity index (χ0n) is 5.48. The molecule has 0 aromatic carbocycles. The summed E-state index contributed by atoms with van der Waals surface area (Å²) in [5.74, 6) is 3.16. The molecule has 0 aromatic rings. The summed E-state index contributed by atoms with van der Waals surface area (Å²) in [5.41, 5.74) is 6.72. The fourth-order valence-electron chi connectivity index (χ4n) is 0.446. The van der Waals surface area contributed by atoms with Crippen LogP contribution in [0.25, 0.3) is 0 Å². The largest absolute Gasteiger partial charge is 0.327 e. The molecule has 0 aliphatic carbocycles. The molecule has 0 saturated heterocycles. The predicted octanol–water partition coefficient (Wildman–Crippen LogP) is -0.175. The maximum Gasteiger partial charge on any atom is 0.129 e. The fourth-order valence-corrected chi connectivity index (χ4v) is 1.10. The molecule has 0 atom stereocenters. The standard InChI is InChI=1S/C5H12BNS/c1-8-4-5(2-6)3-7/h2H,3-4,6-7H2,1H3/b5-2+. The topological polar surface area (TPSA) is 26.0 Å². The van der Waals surface area contributed by atoms with Gasteiger partial charge in [-0.25, -0.2) is 0 Å². The van der Waals surface area contributed by atoms with Crippen LogP contribution in [0.5, 0.6) is 0 Å². The second-order valence-corrected chi connectivity index (χ2v) is 2.45. The van der Waals surface area contributed by atoms with Crippen LogP contribution < -0.4 is 5.73 Å². The molecule has 0 unspecified atom stereocenters. The molecule has 3 heteroatoms. The van der Waals surface area contributed by atoms with Crippen LogP contribution in [-0.4, -0.2) is 26.4 Å². The molecule has 1 nitrogen and oxygen atoms in total. The molecule has 0 amide bonds. The van der Waals surface area contributed by atoms with E-state index in [4.69, 9.17) is 5.73 Å². The average molecular weight is 129 g/mol. The van der Waals surface area contributed by atoms with Gasteiger partial charge >= 0.3 is 0 Å². The average Bonchev–Trinajstić information content (AvgIpc) is 1.83. The molecule has 0 rings (SSSR count). The molecular weight excluding hydrogens is 117 g/mol. The Hall–Kier alpha value is 0.115. The Kier molecular flexibility index (Phi) is 5.33. The van der Waals surface area contributed by atoms with E-state index in [1.54, 1.807) is 0 Å². The normalized spacial score (nSPS) is 12.0. The number of nitrogens with two attached hydrogens (primary N) is 1. The SMILES string of the molecule is B/C=C(\CN)CSC. The molecule has 46 valence electrons. The van der Waals surface area contributed by atoms with Crippen molar-refractivity contribution >= 4 is 19.6 Å². The highest BCUT2D eigenvalue weighted by Crippen LogP contribution is 1.99. The molecule has 0 aliphatic heterocycles. The van der Waals surface area contributed by atoms with Gasteiger partial charge in [0.05, 0.1) is 0 Å². The molecule has 0 aromatic heterocycles. The molecule has 0 fully saturated rings. The zero-order valence-corrected chi connectivity index (χ0v) is 6.29. The molecular formula is C5H12BNS. The predicted molar refractivity (Wildman–Crippen MR) is 44.1 cm³/mol. The lowest BCUT2D eigenvalue weighted by molar-refractivity contribution is 1.15. The highest BCUT2D eigenvalue weighted by molar-refractivity contribution is 7.98. The molecule has 2 N–H and O–H groups in total. The first-order chi connectivity index (χ1) is 3.85. The smallest absolute Gasteiger partial charge is 0.129 e. The Morgan fingerprint density at radius 2 is 2.50 bits per heavy atom. The monoisotopic (exact) mass is 129 g/mol. The summed E-state index contributed by atoms with van der Waals surface area (Å²) in [6.07, 6.45) is 2.08. The minimum atomic E-state index is 0.706. The van der Waals surface area contributed by atoms with Crippen LogP contribution in [-0.2, 0) is 0 Å². The van der Waals surface area contributed by atoms with Gasteiger partial charge in [0.15, 0.2) is 0 Å². The Balaban J connectivity index is 3.38. The summed E-state index contributed by atoms with van der Waals surface area (Å²) in [7, 11) is 2.03. The zero-order chi connectivity index (χ0) is 6.41. The lowest BCUT2D eigenvalue weighted by Gasteiger charge is -1.97. The Labute approximate surface area is 56.1 Å². The van der Waals surface area contributed by atoms with E-state index in [1.807, 2.05) is 19.6 Å². The van der Waals surface area contributed by atoms with Crippen molar-refractivity contribution in [1.82, 2.24) is 0 Å². The van der Waals surface area contributed by atoms with E-state index < -0.39 is 0 Å². The van der Waals surface area contributed by atoms with Crippen molar-refractivity contribution in [2.24, 2.45) is 5.73 Å². The second-order valence-electron chi connectivity index (χ2n) is 1.58. The highest BCUT2D eigenvalue weighted by atomic mass is 32.2. The maximum absolute atomic E-state index is 5.39. The van der Waals surface area contributed by atoms with E-state index >= 15 is 0 Å². The first-order valence-electron chi connectivity index (χ1n) is 2.68. The lowest BCUT2D eigenvalue weighted by atomic mass is 10.1. The van der Waals surface area contributed by atoms with Gasteiger partial charge < -0.3 is 5.73 Å². The highest BCUT2D eigenvalue weighted by Gasteiger charge is 1.87. The van der Waals surface area contributed by atoms with E-state index in [0.717, 1.165) is 5.75 Å². The third-order valence-electron chi connectivity index (χ3n) is 1.00. The van der Waals surface area contributed by atoms with Gasteiger partial charge in [0.1, 0.15) is 7.85 Å². The molecule has 0 saturated carbocycles. The Bertz CT molecular complexity index is 82.5. The second kappa shape index (κ2) is 5.26. The molecule has 8 heavy (non-hydrogen) atoms. The summed E-state index contributed by atoms with van der Waals surface area (Å²) in [6.45, 7) is 0.706. The third-order valence-corrected chi connectivity index (χ3v) is 1.66. The minimum Gasteiger partial charge on any atom is -0.327 e. The third kappa shape index (κ3) is 3.16. The van der Waals surface area contributed by atoms with Gasteiger partial charge in [-0.05, 0) is 6.26 Å². The van der Waals surface area contributed by atoms with Crippen LogP contribution in [0.15, 0.2) is 11.5 Å². The molecule has 0 radical (unpaired) electrons. The Morgan fingerprint density at radius 1 is 1.88 bits per heavy atom. The number of hydrogen-bond donors (Lipinski definition) is 1. The summed E-state index contributed by atoms with van der Waals surface area (Å²) < 4.78 is 0. The quantitative estimate of drug-likeness (QED) is 0.535. The fraction of sp³-hybridized carbons (Fsp3) is 0.600. The summed E-state index contributed by atoms with van der Waals surface area (Å²) >= 11 is 1.81. The summed E-state index contributed by atoms with van der Waals surface area (Å²) in [4.78, 5) is 0. The van der Waals surface area contributed by atoms with Gasteiger partial charge in [0.25, 0.3) is 0 Å². The molecule has 0 bridgehead atoms.